The zero-order valence-electron chi connectivity index (χ0n) is 14.1. The van der Waals surface area contributed by atoms with Gasteiger partial charge in [-0.3, -0.25) is 4.90 Å². The second-order valence-corrected chi connectivity index (χ2v) is 6.09. The molecule has 4 heteroatoms. The SMILES string of the molecule is COc1ccc(CN2CCCN(c3ccccc3C#N)CC2)cc1. The number of benzene rings is 2. The number of methoxy groups -OCH3 is 1. The van der Waals surface area contributed by atoms with Crippen molar-refractivity contribution in [2.75, 3.05) is 38.2 Å². The lowest BCUT2D eigenvalue weighted by molar-refractivity contribution is 0.285. The molecule has 1 fully saturated rings. The van der Waals surface area contributed by atoms with Crippen LogP contribution in [0.4, 0.5) is 5.69 Å². The first-order chi connectivity index (χ1) is 11.8. The molecule has 0 aromatic heterocycles. The molecule has 0 atom stereocenters. The van der Waals surface area contributed by atoms with E-state index >= 15 is 0 Å². The van der Waals surface area contributed by atoms with Crippen molar-refractivity contribution >= 4 is 5.69 Å². The van der Waals surface area contributed by atoms with Crippen LogP contribution in [0.5, 0.6) is 5.75 Å². The van der Waals surface area contributed by atoms with Gasteiger partial charge in [0, 0.05) is 32.7 Å². The highest BCUT2D eigenvalue weighted by molar-refractivity contribution is 5.59. The smallest absolute Gasteiger partial charge is 0.118 e. The van der Waals surface area contributed by atoms with Gasteiger partial charge in [-0.15, -0.1) is 0 Å². The fourth-order valence-electron chi connectivity index (χ4n) is 3.20. The molecule has 24 heavy (non-hydrogen) atoms. The van der Waals surface area contributed by atoms with Crippen LogP contribution in [0.25, 0.3) is 0 Å². The summed E-state index contributed by atoms with van der Waals surface area (Å²) in [7, 11) is 1.69. The summed E-state index contributed by atoms with van der Waals surface area (Å²) in [6.45, 7) is 4.99. The lowest BCUT2D eigenvalue weighted by Crippen LogP contribution is -2.30. The van der Waals surface area contributed by atoms with Crippen LogP contribution in [-0.4, -0.2) is 38.2 Å². The molecule has 0 radical (unpaired) electrons. The molecule has 4 nitrogen and oxygen atoms in total. The molecule has 3 rings (SSSR count). The first-order valence-corrected chi connectivity index (χ1v) is 8.39. The molecule has 0 N–H and O–H groups in total. The quantitative estimate of drug-likeness (QED) is 0.866. The van der Waals surface area contributed by atoms with Crippen molar-refractivity contribution in [1.29, 1.82) is 5.26 Å². The van der Waals surface area contributed by atoms with Crippen molar-refractivity contribution in [1.82, 2.24) is 4.90 Å². The van der Waals surface area contributed by atoms with Gasteiger partial charge in [-0.2, -0.15) is 5.26 Å². The predicted molar refractivity (Wildman–Crippen MR) is 96.3 cm³/mol. The van der Waals surface area contributed by atoms with Crippen molar-refractivity contribution in [3.63, 3.8) is 0 Å². The standard InChI is InChI=1S/C20H23N3O/c1-24-19-9-7-17(8-10-19)16-22-11-4-12-23(14-13-22)20-6-3-2-5-18(20)15-21/h2-3,5-10H,4,11-14,16H2,1H3. The maximum atomic E-state index is 9.31. The van der Waals surface area contributed by atoms with E-state index in [0.29, 0.717) is 0 Å². The van der Waals surface area contributed by atoms with Gasteiger partial charge in [-0.1, -0.05) is 24.3 Å². The average Bonchev–Trinajstić information content (AvgIpc) is 2.88. The van der Waals surface area contributed by atoms with Crippen LogP contribution in [0, 0.1) is 11.3 Å². The number of hydrogen-bond acceptors (Lipinski definition) is 4. The van der Waals surface area contributed by atoms with Crippen LogP contribution in [0.1, 0.15) is 17.5 Å². The van der Waals surface area contributed by atoms with Gasteiger partial charge in [0.15, 0.2) is 0 Å². The van der Waals surface area contributed by atoms with E-state index < -0.39 is 0 Å². The number of ether oxygens (including phenoxy) is 1. The van der Waals surface area contributed by atoms with E-state index in [9.17, 15) is 5.26 Å². The van der Waals surface area contributed by atoms with E-state index in [1.807, 2.05) is 30.3 Å². The monoisotopic (exact) mass is 321 g/mol. The Bertz CT molecular complexity index is 706. The summed E-state index contributed by atoms with van der Waals surface area (Å²) >= 11 is 0. The molecule has 0 amide bonds. The van der Waals surface area contributed by atoms with E-state index in [4.69, 9.17) is 4.74 Å². The molecule has 0 unspecified atom stereocenters. The summed E-state index contributed by atoms with van der Waals surface area (Å²) in [6.07, 6.45) is 1.11. The second kappa shape index (κ2) is 7.85. The summed E-state index contributed by atoms with van der Waals surface area (Å²) in [5.74, 6) is 0.897. The summed E-state index contributed by atoms with van der Waals surface area (Å²) in [5.41, 5.74) is 3.13. The third-order valence-electron chi connectivity index (χ3n) is 4.52. The zero-order valence-corrected chi connectivity index (χ0v) is 14.1. The minimum Gasteiger partial charge on any atom is -0.497 e. The molecular weight excluding hydrogens is 298 g/mol. The van der Waals surface area contributed by atoms with Crippen LogP contribution in [0.3, 0.4) is 0 Å². The molecular formula is C20H23N3O. The first-order valence-electron chi connectivity index (χ1n) is 8.39. The average molecular weight is 321 g/mol. The Labute approximate surface area is 143 Å². The Balaban J connectivity index is 1.63. The first kappa shape index (κ1) is 16.4. The van der Waals surface area contributed by atoms with E-state index in [-0.39, 0.29) is 0 Å². The number of rotatable bonds is 4. The van der Waals surface area contributed by atoms with Crippen molar-refractivity contribution in [3.05, 3.63) is 59.7 Å². The summed E-state index contributed by atoms with van der Waals surface area (Å²) in [5, 5.41) is 9.31. The minimum atomic E-state index is 0.765. The van der Waals surface area contributed by atoms with Gasteiger partial charge in [0.25, 0.3) is 0 Å². The number of nitriles is 1. The highest BCUT2D eigenvalue weighted by Crippen LogP contribution is 2.22. The molecule has 0 aliphatic carbocycles. The Morgan fingerprint density at radius 2 is 1.79 bits per heavy atom. The summed E-state index contributed by atoms with van der Waals surface area (Å²) < 4.78 is 5.22. The molecule has 0 spiro atoms. The van der Waals surface area contributed by atoms with Crippen molar-refractivity contribution < 1.29 is 4.74 Å². The maximum Gasteiger partial charge on any atom is 0.118 e. The molecule has 1 aliphatic rings. The lowest BCUT2D eigenvalue weighted by atomic mass is 10.1. The minimum absolute atomic E-state index is 0.765. The topological polar surface area (TPSA) is 39.5 Å². The zero-order chi connectivity index (χ0) is 16.8. The van der Waals surface area contributed by atoms with Crippen LogP contribution >= 0.6 is 0 Å². The van der Waals surface area contributed by atoms with Crippen LogP contribution in [0.15, 0.2) is 48.5 Å². The molecule has 2 aromatic rings. The summed E-state index contributed by atoms with van der Waals surface area (Å²) in [4.78, 5) is 4.82. The van der Waals surface area contributed by atoms with Gasteiger partial charge in [0.05, 0.1) is 18.4 Å². The van der Waals surface area contributed by atoms with Gasteiger partial charge in [0.2, 0.25) is 0 Å². The molecule has 1 aliphatic heterocycles. The van der Waals surface area contributed by atoms with Gasteiger partial charge < -0.3 is 9.64 Å². The van der Waals surface area contributed by atoms with Gasteiger partial charge in [-0.25, -0.2) is 0 Å². The number of anilines is 1. The third kappa shape index (κ3) is 3.87. The van der Waals surface area contributed by atoms with E-state index in [1.54, 1.807) is 7.11 Å². The van der Waals surface area contributed by atoms with Gasteiger partial charge in [0.1, 0.15) is 11.8 Å². The van der Waals surface area contributed by atoms with Crippen molar-refractivity contribution in [2.24, 2.45) is 0 Å². The van der Waals surface area contributed by atoms with Crippen LogP contribution in [-0.2, 0) is 6.54 Å². The molecule has 1 saturated heterocycles. The maximum absolute atomic E-state index is 9.31. The summed E-state index contributed by atoms with van der Waals surface area (Å²) in [6, 6.07) is 18.5. The molecule has 0 bridgehead atoms. The van der Waals surface area contributed by atoms with Crippen molar-refractivity contribution in [3.8, 4) is 11.8 Å². The third-order valence-corrected chi connectivity index (χ3v) is 4.52. The van der Waals surface area contributed by atoms with Crippen molar-refractivity contribution in [2.45, 2.75) is 13.0 Å². The van der Waals surface area contributed by atoms with Crippen LogP contribution in [0.2, 0.25) is 0 Å². The molecule has 1 heterocycles. The van der Waals surface area contributed by atoms with Crippen LogP contribution < -0.4 is 9.64 Å². The Morgan fingerprint density at radius 1 is 1.00 bits per heavy atom. The second-order valence-electron chi connectivity index (χ2n) is 6.09. The Morgan fingerprint density at radius 3 is 2.54 bits per heavy atom. The highest BCUT2D eigenvalue weighted by atomic mass is 16.5. The molecule has 2 aromatic carbocycles. The number of nitrogens with zero attached hydrogens (tertiary/aromatic N) is 3. The normalized spacial score (nSPS) is 15.6. The largest absolute Gasteiger partial charge is 0.497 e. The highest BCUT2D eigenvalue weighted by Gasteiger charge is 2.17. The van der Waals surface area contributed by atoms with E-state index in [0.717, 1.165) is 56.1 Å². The molecule has 124 valence electrons. The van der Waals surface area contributed by atoms with Gasteiger partial charge in [-0.05, 0) is 36.2 Å². The van der Waals surface area contributed by atoms with E-state index in [1.165, 1.54) is 5.56 Å². The lowest BCUT2D eigenvalue weighted by Gasteiger charge is -2.24. The fraction of sp³-hybridized carbons (Fsp3) is 0.350. The van der Waals surface area contributed by atoms with Gasteiger partial charge >= 0.3 is 0 Å². The fourth-order valence-corrected chi connectivity index (χ4v) is 3.20. The Kier molecular flexibility index (Phi) is 5.35. The van der Waals surface area contributed by atoms with E-state index in [2.05, 4.69) is 34.1 Å². The Hall–Kier alpha value is -2.51. The number of para-hydroxylation sites is 1. The number of hydrogen-bond donors (Lipinski definition) is 0. The predicted octanol–water partition coefficient (Wildman–Crippen LogP) is 3.28. The molecule has 0 saturated carbocycles.